The number of hydrogen-bond acceptors (Lipinski definition) is 5. The van der Waals surface area contributed by atoms with Crippen molar-refractivity contribution >= 4 is 38.9 Å². The second-order valence-corrected chi connectivity index (χ2v) is 6.99. The van der Waals surface area contributed by atoms with E-state index in [2.05, 4.69) is 15.3 Å². The zero-order chi connectivity index (χ0) is 12.5. The van der Waals surface area contributed by atoms with Crippen molar-refractivity contribution < 1.29 is 8.42 Å². The first kappa shape index (κ1) is 12.9. The Morgan fingerprint density at radius 3 is 2.88 bits per heavy atom. The second kappa shape index (κ2) is 4.96. The highest BCUT2D eigenvalue weighted by Crippen LogP contribution is 2.23. The molecule has 94 valence electrons. The molecule has 1 aliphatic heterocycles. The molecule has 0 bridgehead atoms. The molecule has 2 rings (SSSR count). The Morgan fingerprint density at radius 1 is 1.47 bits per heavy atom. The fraction of sp³-hybridized carbons (Fsp3) is 0.556. The maximum atomic E-state index is 11.6. The molecular formula is C9H11Cl2N3O2S. The maximum absolute atomic E-state index is 11.6. The number of rotatable bonds is 3. The van der Waals surface area contributed by atoms with Gasteiger partial charge in [-0.25, -0.2) is 13.4 Å². The summed E-state index contributed by atoms with van der Waals surface area (Å²) in [7, 11) is -2.96. The molecule has 1 atom stereocenters. The van der Waals surface area contributed by atoms with Crippen molar-refractivity contribution in [1.82, 2.24) is 9.97 Å². The summed E-state index contributed by atoms with van der Waals surface area (Å²) in [6.07, 6.45) is 2.76. The van der Waals surface area contributed by atoms with Crippen molar-refractivity contribution in [2.45, 2.75) is 18.1 Å². The fourth-order valence-corrected chi connectivity index (χ4v) is 3.82. The van der Waals surface area contributed by atoms with Gasteiger partial charge < -0.3 is 5.32 Å². The molecule has 1 N–H and O–H groups in total. The quantitative estimate of drug-likeness (QED) is 0.861. The third-order valence-electron chi connectivity index (χ3n) is 2.67. The molecule has 8 heteroatoms. The Kier molecular flexibility index (Phi) is 3.75. The van der Waals surface area contributed by atoms with Crippen molar-refractivity contribution in [3.8, 4) is 0 Å². The highest BCUT2D eigenvalue weighted by atomic mass is 35.5. The summed E-state index contributed by atoms with van der Waals surface area (Å²) in [5.41, 5.74) is 0. The van der Waals surface area contributed by atoms with E-state index in [9.17, 15) is 8.42 Å². The molecule has 5 nitrogen and oxygen atoms in total. The van der Waals surface area contributed by atoms with E-state index in [1.165, 1.54) is 6.20 Å². The van der Waals surface area contributed by atoms with Crippen molar-refractivity contribution in [3.05, 3.63) is 16.5 Å². The van der Waals surface area contributed by atoms with E-state index in [0.717, 1.165) is 0 Å². The number of nitrogens with zero attached hydrogens (tertiary/aromatic N) is 2. The van der Waals surface area contributed by atoms with Crippen LogP contribution in [0, 0.1) is 0 Å². The topological polar surface area (TPSA) is 72.0 Å². The van der Waals surface area contributed by atoms with Crippen LogP contribution in [0.25, 0.3) is 0 Å². The third-order valence-corrected chi connectivity index (χ3v) is 5.41. The normalized spacial score (nSPS) is 22.6. The molecule has 1 saturated heterocycles. The highest BCUT2D eigenvalue weighted by Gasteiger charge is 2.31. The van der Waals surface area contributed by atoms with E-state index in [0.29, 0.717) is 30.2 Å². The Bertz CT molecular complexity index is 521. The minimum atomic E-state index is -2.96. The van der Waals surface area contributed by atoms with Gasteiger partial charge in [0.15, 0.2) is 9.84 Å². The number of sulfone groups is 1. The zero-order valence-corrected chi connectivity index (χ0v) is 11.2. The Balaban J connectivity index is 2.05. The summed E-state index contributed by atoms with van der Waals surface area (Å²) in [6, 6.07) is 0. The Hall–Kier alpha value is -0.590. The van der Waals surface area contributed by atoms with Gasteiger partial charge in [-0.05, 0) is 24.4 Å². The standard InChI is InChI=1S/C9H11Cl2N3O2S/c10-7-5-13-9(11)14-8(7)12-4-6-2-1-3-17(6,15)16/h5-6H,1-4H2,(H,12,13,14). The molecule has 2 heterocycles. The Labute approximate surface area is 109 Å². The van der Waals surface area contributed by atoms with Crippen LogP contribution < -0.4 is 5.32 Å². The molecular weight excluding hydrogens is 285 g/mol. The summed E-state index contributed by atoms with van der Waals surface area (Å²) in [5, 5.41) is 2.94. The summed E-state index contributed by atoms with van der Waals surface area (Å²) in [4.78, 5) is 7.61. The molecule has 1 aromatic rings. The minimum absolute atomic E-state index is 0.0752. The van der Waals surface area contributed by atoms with Gasteiger partial charge >= 0.3 is 0 Å². The number of aromatic nitrogens is 2. The van der Waals surface area contributed by atoms with Crippen molar-refractivity contribution in [2.24, 2.45) is 0 Å². The van der Waals surface area contributed by atoms with Gasteiger partial charge in [-0.2, -0.15) is 4.98 Å². The molecule has 0 aliphatic carbocycles. The van der Waals surface area contributed by atoms with Crippen LogP contribution in [0.15, 0.2) is 6.20 Å². The number of anilines is 1. The van der Waals surface area contributed by atoms with Crippen LogP contribution in [-0.2, 0) is 9.84 Å². The predicted octanol–water partition coefficient (Wildman–Crippen LogP) is 1.77. The Morgan fingerprint density at radius 2 is 2.24 bits per heavy atom. The van der Waals surface area contributed by atoms with Gasteiger partial charge in [0.2, 0.25) is 5.28 Å². The van der Waals surface area contributed by atoms with Gasteiger partial charge in [0.25, 0.3) is 0 Å². The lowest BCUT2D eigenvalue weighted by Crippen LogP contribution is -2.25. The maximum Gasteiger partial charge on any atom is 0.224 e. The minimum Gasteiger partial charge on any atom is -0.367 e. The fourth-order valence-electron chi connectivity index (χ4n) is 1.77. The lowest BCUT2D eigenvalue weighted by Gasteiger charge is -2.11. The van der Waals surface area contributed by atoms with E-state index >= 15 is 0 Å². The number of nitrogens with one attached hydrogen (secondary N) is 1. The van der Waals surface area contributed by atoms with Crippen molar-refractivity contribution in [3.63, 3.8) is 0 Å². The van der Waals surface area contributed by atoms with Crippen molar-refractivity contribution in [2.75, 3.05) is 17.6 Å². The van der Waals surface area contributed by atoms with Crippen LogP contribution in [0.2, 0.25) is 10.3 Å². The molecule has 0 radical (unpaired) electrons. The summed E-state index contributed by atoms with van der Waals surface area (Å²) < 4.78 is 23.2. The number of hydrogen-bond donors (Lipinski definition) is 1. The molecule has 0 spiro atoms. The molecule has 1 aliphatic rings. The largest absolute Gasteiger partial charge is 0.367 e. The molecule has 0 saturated carbocycles. The molecule has 17 heavy (non-hydrogen) atoms. The van der Waals surface area contributed by atoms with Gasteiger partial charge in [0.05, 0.1) is 17.2 Å². The average Bonchev–Trinajstić information content (AvgIpc) is 2.59. The van der Waals surface area contributed by atoms with E-state index in [1.807, 2.05) is 0 Å². The van der Waals surface area contributed by atoms with Gasteiger partial charge in [-0.1, -0.05) is 11.6 Å². The lowest BCUT2D eigenvalue weighted by molar-refractivity contribution is 0.591. The van der Waals surface area contributed by atoms with E-state index in [-0.39, 0.29) is 16.3 Å². The zero-order valence-electron chi connectivity index (χ0n) is 8.86. The molecule has 0 aromatic carbocycles. The summed E-state index contributed by atoms with van der Waals surface area (Å²) >= 11 is 11.5. The molecule has 1 fully saturated rings. The first-order valence-electron chi connectivity index (χ1n) is 5.12. The summed E-state index contributed by atoms with van der Waals surface area (Å²) in [5.74, 6) is 0.631. The average molecular weight is 296 g/mol. The number of halogens is 2. The van der Waals surface area contributed by atoms with Crippen LogP contribution in [0.3, 0.4) is 0 Å². The van der Waals surface area contributed by atoms with E-state index in [4.69, 9.17) is 23.2 Å². The van der Waals surface area contributed by atoms with Crippen LogP contribution in [0.1, 0.15) is 12.8 Å². The first-order chi connectivity index (χ1) is 7.99. The molecule has 1 aromatic heterocycles. The third kappa shape index (κ3) is 3.00. The lowest BCUT2D eigenvalue weighted by atomic mass is 10.2. The predicted molar refractivity (Wildman–Crippen MR) is 67.4 cm³/mol. The summed E-state index contributed by atoms with van der Waals surface area (Å²) in [6.45, 7) is 0.301. The van der Waals surface area contributed by atoms with Gasteiger partial charge in [-0.15, -0.1) is 0 Å². The van der Waals surface area contributed by atoms with Gasteiger partial charge in [0, 0.05) is 6.54 Å². The highest BCUT2D eigenvalue weighted by molar-refractivity contribution is 7.92. The van der Waals surface area contributed by atoms with E-state index in [1.54, 1.807) is 0 Å². The molecule has 1 unspecified atom stereocenters. The molecule has 0 amide bonds. The van der Waals surface area contributed by atoms with Crippen LogP contribution in [0.5, 0.6) is 0 Å². The van der Waals surface area contributed by atoms with Crippen LogP contribution in [0.4, 0.5) is 5.82 Å². The van der Waals surface area contributed by atoms with E-state index < -0.39 is 9.84 Å². The van der Waals surface area contributed by atoms with Crippen molar-refractivity contribution in [1.29, 1.82) is 0 Å². The van der Waals surface area contributed by atoms with Crippen LogP contribution >= 0.6 is 23.2 Å². The first-order valence-corrected chi connectivity index (χ1v) is 7.59. The van der Waals surface area contributed by atoms with Gasteiger partial charge in [0.1, 0.15) is 10.8 Å². The van der Waals surface area contributed by atoms with Crippen LogP contribution in [-0.4, -0.2) is 35.9 Å². The monoisotopic (exact) mass is 295 g/mol. The van der Waals surface area contributed by atoms with Gasteiger partial charge in [-0.3, -0.25) is 0 Å². The smallest absolute Gasteiger partial charge is 0.224 e. The SMILES string of the molecule is O=S1(=O)CCCC1CNc1nc(Cl)ncc1Cl. The second-order valence-electron chi connectivity index (χ2n) is 3.85.